The molecule has 2 aliphatic rings. The first-order chi connectivity index (χ1) is 9.22. The Morgan fingerprint density at radius 3 is 2.47 bits per heavy atom. The van der Waals surface area contributed by atoms with E-state index in [9.17, 15) is 0 Å². The van der Waals surface area contributed by atoms with Gasteiger partial charge >= 0.3 is 0 Å². The molecule has 0 unspecified atom stereocenters. The highest BCUT2D eigenvalue weighted by molar-refractivity contribution is 9.10. The predicted molar refractivity (Wildman–Crippen MR) is 82.1 cm³/mol. The summed E-state index contributed by atoms with van der Waals surface area (Å²) in [7, 11) is 2.20. The quantitative estimate of drug-likeness (QED) is 0.921. The van der Waals surface area contributed by atoms with Gasteiger partial charge in [-0.25, -0.2) is 5.01 Å². The third-order valence-corrected chi connectivity index (χ3v) is 5.07. The van der Waals surface area contributed by atoms with Gasteiger partial charge in [-0.1, -0.05) is 34.1 Å². The number of hydrogen-bond donors (Lipinski definition) is 1. The number of rotatable bonds is 3. The fourth-order valence-corrected chi connectivity index (χ4v) is 3.59. The van der Waals surface area contributed by atoms with Crippen molar-refractivity contribution in [3.05, 3.63) is 34.3 Å². The maximum absolute atomic E-state index is 3.69. The molecule has 3 rings (SSSR count). The van der Waals surface area contributed by atoms with Crippen LogP contribution in [0.5, 0.6) is 0 Å². The summed E-state index contributed by atoms with van der Waals surface area (Å²) in [4.78, 5) is 2.39. The highest BCUT2D eigenvalue weighted by Gasteiger charge is 2.32. The van der Waals surface area contributed by atoms with Crippen LogP contribution in [0.15, 0.2) is 28.7 Å². The summed E-state index contributed by atoms with van der Waals surface area (Å²) in [6.07, 6.45) is 2.52. The zero-order valence-electron chi connectivity index (χ0n) is 11.5. The smallest absolute Gasteiger partial charge is 0.0259 e. The molecule has 3 nitrogen and oxygen atoms in total. The van der Waals surface area contributed by atoms with Crippen molar-refractivity contribution in [1.29, 1.82) is 0 Å². The zero-order chi connectivity index (χ0) is 13.2. The molecular formula is C15H22BrN3. The fraction of sp³-hybridized carbons (Fsp3) is 0.600. The van der Waals surface area contributed by atoms with Crippen LogP contribution >= 0.6 is 15.9 Å². The highest BCUT2D eigenvalue weighted by atomic mass is 79.9. The predicted octanol–water partition coefficient (Wildman–Crippen LogP) is 2.45. The van der Waals surface area contributed by atoms with Crippen LogP contribution in [0.3, 0.4) is 0 Å². The molecule has 104 valence electrons. The number of benzene rings is 1. The van der Waals surface area contributed by atoms with E-state index in [2.05, 4.69) is 62.6 Å². The standard InChI is InChI=1S/C15H22BrN3/c1-18-6-8-19(9-7-18)17-13-10-12(11-13)14-4-2-3-5-15(14)16/h2-5,12-13,17H,6-11H2,1H3. The number of hydrazine groups is 1. The van der Waals surface area contributed by atoms with Gasteiger partial charge in [0, 0.05) is 36.7 Å². The van der Waals surface area contributed by atoms with Crippen LogP contribution < -0.4 is 5.43 Å². The lowest BCUT2D eigenvalue weighted by Crippen LogP contribution is -2.56. The molecule has 1 saturated heterocycles. The number of likely N-dealkylation sites (N-methyl/N-ethyl adjacent to an activating group) is 1. The molecule has 0 amide bonds. The Morgan fingerprint density at radius 2 is 1.79 bits per heavy atom. The summed E-state index contributed by atoms with van der Waals surface area (Å²) in [5.41, 5.74) is 5.16. The van der Waals surface area contributed by atoms with E-state index in [-0.39, 0.29) is 0 Å². The van der Waals surface area contributed by atoms with Crippen molar-refractivity contribution < 1.29 is 0 Å². The Hall–Kier alpha value is -0.420. The highest BCUT2D eigenvalue weighted by Crippen LogP contribution is 2.40. The minimum Gasteiger partial charge on any atom is -0.304 e. The molecule has 0 atom stereocenters. The van der Waals surface area contributed by atoms with E-state index < -0.39 is 0 Å². The lowest BCUT2D eigenvalue weighted by molar-refractivity contribution is 0.0627. The first-order valence-electron chi connectivity index (χ1n) is 7.16. The lowest BCUT2D eigenvalue weighted by atomic mass is 9.76. The second kappa shape index (κ2) is 5.92. The van der Waals surface area contributed by atoms with Gasteiger partial charge in [-0.3, -0.25) is 5.43 Å². The average Bonchev–Trinajstić information content (AvgIpc) is 2.37. The van der Waals surface area contributed by atoms with E-state index in [1.807, 2.05) is 0 Å². The molecule has 1 heterocycles. The topological polar surface area (TPSA) is 18.5 Å². The van der Waals surface area contributed by atoms with E-state index in [4.69, 9.17) is 0 Å². The largest absolute Gasteiger partial charge is 0.304 e. The van der Waals surface area contributed by atoms with Crippen LogP contribution in [-0.4, -0.2) is 49.2 Å². The van der Waals surface area contributed by atoms with Gasteiger partial charge in [0.1, 0.15) is 0 Å². The molecule has 0 radical (unpaired) electrons. The molecule has 19 heavy (non-hydrogen) atoms. The molecule has 4 heteroatoms. The molecular weight excluding hydrogens is 302 g/mol. The third kappa shape index (κ3) is 3.19. The molecule has 0 aromatic heterocycles. The molecule has 1 N–H and O–H groups in total. The summed E-state index contributed by atoms with van der Waals surface area (Å²) in [6, 6.07) is 9.30. The molecule has 1 saturated carbocycles. The SMILES string of the molecule is CN1CCN(NC2CC(c3ccccc3Br)C2)CC1. The van der Waals surface area contributed by atoms with Gasteiger partial charge in [-0.05, 0) is 37.4 Å². The monoisotopic (exact) mass is 323 g/mol. The molecule has 1 aliphatic carbocycles. The minimum absolute atomic E-state index is 0.667. The lowest BCUT2D eigenvalue weighted by Gasteiger charge is -2.42. The van der Waals surface area contributed by atoms with Crippen molar-refractivity contribution in [2.45, 2.75) is 24.8 Å². The molecule has 1 aromatic rings. The van der Waals surface area contributed by atoms with E-state index in [1.54, 1.807) is 0 Å². The zero-order valence-corrected chi connectivity index (χ0v) is 13.1. The van der Waals surface area contributed by atoms with Gasteiger partial charge in [0.2, 0.25) is 0 Å². The number of piperazine rings is 1. The van der Waals surface area contributed by atoms with Crippen LogP contribution in [0.25, 0.3) is 0 Å². The summed E-state index contributed by atoms with van der Waals surface area (Å²) < 4.78 is 1.26. The number of halogens is 1. The van der Waals surface area contributed by atoms with Gasteiger partial charge in [-0.2, -0.15) is 0 Å². The van der Waals surface area contributed by atoms with Gasteiger partial charge in [0.15, 0.2) is 0 Å². The molecule has 1 aromatic carbocycles. The molecule has 2 fully saturated rings. The van der Waals surface area contributed by atoms with Gasteiger partial charge < -0.3 is 4.90 Å². The number of hydrogen-bond acceptors (Lipinski definition) is 3. The van der Waals surface area contributed by atoms with Crippen LogP contribution in [0.1, 0.15) is 24.3 Å². The maximum Gasteiger partial charge on any atom is 0.0259 e. The van der Waals surface area contributed by atoms with Crippen molar-refractivity contribution in [2.24, 2.45) is 0 Å². The van der Waals surface area contributed by atoms with Crippen molar-refractivity contribution >= 4 is 15.9 Å². The number of nitrogens with zero attached hydrogens (tertiary/aromatic N) is 2. The Morgan fingerprint density at radius 1 is 1.11 bits per heavy atom. The van der Waals surface area contributed by atoms with Crippen LogP contribution in [-0.2, 0) is 0 Å². The first kappa shape index (κ1) is 13.6. The Bertz CT molecular complexity index is 423. The van der Waals surface area contributed by atoms with Crippen LogP contribution in [0.2, 0.25) is 0 Å². The van der Waals surface area contributed by atoms with Crippen LogP contribution in [0, 0.1) is 0 Å². The summed E-state index contributed by atoms with van der Waals surface area (Å²) in [6.45, 7) is 4.64. The third-order valence-electron chi connectivity index (χ3n) is 4.35. The summed E-state index contributed by atoms with van der Waals surface area (Å²) in [5, 5.41) is 2.40. The molecule has 1 aliphatic heterocycles. The van der Waals surface area contributed by atoms with Crippen molar-refractivity contribution in [1.82, 2.24) is 15.3 Å². The second-order valence-corrected chi connectivity index (χ2v) is 6.66. The Kier molecular flexibility index (Phi) is 4.22. The van der Waals surface area contributed by atoms with Crippen molar-refractivity contribution in [2.75, 3.05) is 33.2 Å². The minimum atomic E-state index is 0.667. The van der Waals surface area contributed by atoms with Gasteiger partial charge in [-0.15, -0.1) is 0 Å². The van der Waals surface area contributed by atoms with E-state index in [0.717, 1.165) is 19.0 Å². The fourth-order valence-electron chi connectivity index (χ4n) is 2.98. The van der Waals surface area contributed by atoms with E-state index in [1.165, 1.54) is 36.0 Å². The van der Waals surface area contributed by atoms with Crippen molar-refractivity contribution in [3.8, 4) is 0 Å². The number of nitrogens with one attached hydrogen (secondary N) is 1. The first-order valence-corrected chi connectivity index (χ1v) is 7.96. The van der Waals surface area contributed by atoms with Crippen molar-refractivity contribution in [3.63, 3.8) is 0 Å². The van der Waals surface area contributed by atoms with Crippen LogP contribution in [0.4, 0.5) is 0 Å². The van der Waals surface area contributed by atoms with E-state index in [0.29, 0.717) is 6.04 Å². The Balaban J connectivity index is 1.47. The van der Waals surface area contributed by atoms with Gasteiger partial charge in [0.05, 0.1) is 0 Å². The van der Waals surface area contributed by atoms with E-state index >= 15 is 0 Å². The Labute approximate surface area is 124 Å². The summed E-state index contributed by atoms with van der Waals surface area (Å²) >= 11 is 3.66. The molecule has 0 spiro atoms. The van der Waals surface area contributed by atoms with Gasteiger partial charge in [0.25, 0.3) is 0 Å². The maximum atomic E-state index is 3.69. The summed E-state index contributed by atoms with van der Waals surface area (Å²) in [5.74, 6) is 0.723. The average molecular weight is 324 g/mol. The second-order valence-electron chi connectivity index (χ2n) is 5.81. The normalized spacial score (nSPS) is 29.2. The molecule has 0 bridgehead atoms.